The van der Waals surface area contributed by atoms with E-state index < -0.39 is 11.9 Å². The molecule has 140 valence electrons. The molecule has 0 aliphatic carbocycles. The minimum absolute atomic E-state index is 0.0171. The average Bonchev–Trinajstić information content (AvgIpc) is 3.29. The van der Waals surface area contributed by atoms with Crippen molar-refractivity contribution in [2.45, 2.75) is 19.6 Å². The van der Waals surface area contributed by atoms with E-state index in [0.29, 0.717) is 16.8 Å². The van der Waals surface area contributed by atoms with Crippen molar-refractivity contribution < 1.29 is 17.8 Å². The van der Waals surface area contributed by atoms with Gasteiger partial charge in [0.25, 0.3) is 0 Å². The van der Waals surface area contributed by atoms with E-state index >= 15 is 0 Å². The molecular weight excluding hydrogens is 365 g/mol. The maximum atomic E-state index is 13.4. The minimum Gasteiger partial charge on any atom is -0.396 e. The van der Waals surface area contributed by atoms with Crippen LogP contribution in [0.15, 0.2) is 23.2 Å². The highest BCUT2D eigenvalue weighted by Crippen LogP contribution is 2.36. The largest absolute Gasteiger partial charge is 0.435 e. The molecule has 0 spiro atoms. The smallest absolute Gasteiger partial charge is 0.396 e. The van der Waals surface area contributed by atoms with Gasteiger partial charge in [-0.2, -0.15) is 23.4 Å². The first-order valence-corrected chi connectivity index (χ1v) is 7.75. The van der Waals surface area contributed by atoms with E-state index in [1.165, 1.54) is 28.0 Å². The fourth-order valence-corrected chi connectivity index (χ4v) is 2.84. The van der Waals surface area contributed by atoms with Gasteiger partial charge in [-0.3, -0.25) is 9.36 Å². The number of hydrogen-bond acceptors (Lipinski definition) is 7. The van der Waals surface area contributed by atoms with Crippen LogP contribution in [-0.4, -0.2) is 34.9 Å². The normalized spacial score (nSPS) is 12.2. The number of alkyl halides is 3. The van der Waals surface area contributed by atoms with Crippen molar-refractivity contribution >= 4 is 16.9 Å². The first-order valence-electron chi connectivity index (χ1n) is 7.75. The Morgan fingerprint density at radius 3 is 2.67 bits per heavy atom. The number of nitrogens with two attached hydrogens (primary N) is 1. The molecule has 4 aromatic rings. The van der Waals surface area contributed by atoms with Crippen LogP contribution in [-0.2, 0) is 19.8 Å². The third-order valence-electron chi connectivity index (χ3n) is 4.13. The Morgan fingerprint density at radius 2 is 2.00 bits per heavy atom. The van der Waals surface area contributed by atoms with Crippen molar-refractivity contribution in [1.29, 1.82) is 0 Å². The zero-order valence-electron chi connectivity index (χ0n) is 14.2. The van der Waals surface area contributed by atoms with Crippen LogP contribution in [0.3, 0.4) is 0 Å². The molecule has 0 saturated heterocycles. The molecule has 0 atom stereocenters. The summed E-state index contributed by atoms with van der Waals surface area (Å²) in [5.41, 5.74) is 7.06. The molecule has 0 radical (unpaired) electrons. The van der Waals surface area contributed by atoms with E-state index in [1.54, 1.807) is 14.0 Å². The Bertz CT molecular complexity index is 1140. The summed E-state index contributed by atoms with van der Waals surface area (Å²) in [7, 11) is 1.62. The van der Waals surface area contributed by atoms with Gasteiger partial charge in [-0.05, 0) is 17.2 Å². The van der Waals surface area contributed by atoms with Crippen molar-refractivity contribution in [3.63, 3.8) is 0 Å². The van der Waals surface area contributed by atoms with Gasteiger partial charge in [0.05, 0.1) is 18.4 Å². The number of aromatic nitrogens is 7. The van der Waals surface area contributed by atoms with Gasteiger partial charge in [-0.1, -0.05) is 0 Å². The fourth-order valence-electron chi connectivity index (χ4n) is 2.84. The molecule has 0 bridgehead atoms. The Balaban J connectivity index is 1.80. The number of fused-ring (bicyclic) bond motifs is 1. The average molecular weight is 378 g/mol. The van der Waals surface area contributed by atoms with Crippen LogP contribution in [0, 0.1) is 6.92 Å². The van der Waals surface area contributed by atoms with E-state index in [2.05, 4.69) is 30.1 Å². The van der Waals surface area contributed by atoms with Gasteiger partial charge >= 0.3 is 6.18 Å². The molecule has 0 amide bonds. The second-order valence-corrected chi connectivity index (χ2v) is 6.02. The summed E-state index contributed by atoms with van der Waals surface area (Å²) in [5, 5.41) is 14.9. The molecule has 12 heteroatoms. The summed E-state index contributed by atoms with van der Waals surface area (Å²) >= 11 is 0. The summed E-state index contributed by atoms with van der Waals surface area (Å²) in [4.78, 5) is 4.21. The lowest BCUT2D eigenvalue weighted by atomic mass is 10.1. The second kappa shape index (κ2) is 5.79. The van der Waals surface area contributed by atoms with Gasteiger partial charge < -0.3 is 5.73 Å². The SMILES string of the molecule is Cc1nc2nonc2c(N)c1Cn1cc(-c2cnn(C)c2)c(C(F)(F)F)n1. The molecule has 4 rings (SSSR count). The third kappa shape index (κ3) is 2.88. The highest BCUT2D eigenvalue weighted by molar-refractivity contribution is 5.85. The van der Waals surface area contributed by atoms with Crippen LogP contribution in [0.4, 0.5) is 18.9 Å². The Labute approximate surface area is 149 Å². The van der Waals surface area contributed by atoms with Crippen molar-refractivity contribution in [2.75, 3.05) is 5.73 Å². The van der Waals surface area contributed by atoms with Crippen LogP contribution in [0.2, 0.25) is 0 Å². The minimum atomic E-state index is -4.62. The molecule has 27 heavy (non-hydrogen) atoms. The summed E-state index contributed by atoms with van der Waals surface area (Å²) < 4.78 is 47.5. The highest BCUT2D eigenvalue weighted by atomic mass is 19.4. The van der Waals surface area contributed by atoms with Crippen molar-refractivity contribution in [3.8, 4) is 11.1 Å². The molecule has 0 aliphatic heterocycles. The van der Waals surface area contributed by atoms with Gasteiger partial charge in [0.1, 0.15) is 0 Å². The highest BCUT2D eigenvalue weighted by Gasteiger charge is 2.38. The quantitative estimate of drug-likeness (QED) is 0.581. The molecule has 4 heterocycles. The topological polar surface area (TPSA) is 113 Å². The van der Waals surface area contributed by atoms with E-state index in [1.807, 2.05) is 0 Å². The second-order valence-electron chi connectivity index (χ2n) is 6.02. The molecule has 2 N–H and O–H groups in total. The number of rotatable bonds is 3. The number of hydrogen-bond donors (Lipinski definition) is 1. The number of halogens is 3. The summed E-state index contributed by atoms with van der Waals surface area (Å²) in [6.07, 6.45) is -0.463. The molecule has 0 aliphatic rings. The predicted molar refractivity (Wildman–Crippen MR) is 87.3 cm³/mol. The zero-order chi connectivity index (χ0) is 19.3. The fraction of sp³-hybridized carbons (Fsp3) is 0.267. The van der Waals surface area contributed by atoms with Gasteiger partial charge in [-0.25, -0.2) is 9.61 Å². The Hall–Kier alpha value is -3.44. The van der Waals surface area contributed by atoms with E-state index in [0.717, 1.165) is 0 Å². The summed E-state index contributed by atoms with van der Waals surface area (Å²) in [6.45, 7) is 1.66. The van der Waals surface area contributed by atoms with Crippen molar-refractivity contribution in [2.24, 2.45) is 7.05 Å². The van der Waals surface area contributed by atoms with Crippen LogP contribution >= 0.6 is 0 Å². The first-order chi connectivity index (χ1) is 12.7. The number of anilines is 1. The molecular formula is C15H13F3N8O. The van der Waals surface area contributed by atoms with Crippen molar-refractivity contribution in [3.05, 3.63) is 35.5 Å². The maximum Gasteiger partial charge on any atom is 0.435 e. The monoisotopic (exact) mass is 378 g/mol. The number of nitrogens with zero attached hydrogens (tertiary/aromatic N) is 7. The van der Waals surface area contributed by atoms with Gasteiger partial charge in [0.2, 0.25) is 5.65 Å². The van der Waals surface area contributed by atoms with Crippen LogP contribution in [0.1, 0.15) is 17.0 Å². The standard InChI is InChI=1S/C15H13F3N8O/c1-7-9(11(19)12-14(21-7)24-27-23-12)5-26-6-10(8-3-20-25(2)4-8)13(22-26)15(16,17)18/h3-4,6H,5,19H2,1-2H3. The van der Waals surface area contributed by atoms with E-state index in [9.17, 15) is 13.2 Å². The zero-order valence-corrected chi connectivity index (χ0v) is 14.2. The first kappa shape index (κ1) is 17.0. The van der Waals surface area contributed by atoms with E-state index in [-0.39, 0.29) is 29.0 Å². The molecule has 4 aromatic heterocycles. The molecule has 0 saturated carbocycles. The number of nitrogen functional groups attached to an aromatic ring is 1. The van der Waals surface area contributed by atoms with Gasteiger partial charge in [0, 0.05) is 41.8 Å². The van der Waals surface area contributed by atoms with Crippen LogP contribution in [0.5, 0.6) is 0 Å². The summed E-state index contributed by atoms with van der Waals surface area (Å²) in [5.74, 6) is 0. The lowest BCUT2D eigenvalue weighted by Gasteiger charge is -2.08. The van der Waals surface area contributed by atoms with E-state index in [4.69, 9.17) is 5.73 Å². The van der Waals surface area contributed by atoms with Gasteiger partial charge in [-0.15, -0.1) is 0 Å². The molecule has 0 unspecified atom stereocenters. The lowest BCUT2D eigenvalue weighted by molar-refractivity contribution is -0.141. The third-order valence-corrected chi connectivity index (χ3v) is 4.13. The Morgan fingerprint density at radius 1 is 1.22 bits per heavy atom. The van der Waals surface area contributed by atoms with Crippen LogP contribution in [0.25, 0.3) is 22.3 Å². The van der Waals surface area contributed by atoms with Crippen LogP contribution < -0.4 is 5.73 Å². The number of aryl methyl sites for hydroxylation is 2. The Kier molecular flexibility index (Phi) is 3.64. The molecule has 9 nitrogen and oxygen atoms in total. The van der Waals surface area contributed by atoms with Gasteiger partial charge in [0.15, 0.2) is 11.2 Å². The maximum absolute atomic E-state index is 13.4. The summed E-state index contributed by atoms with van der Waals surface area (Å²) in [6, 6.07) is 0. The lowest BCUT2D eigenvalue weighted by Crippen LogP contribution is -2.11. The predicted octanol–water partition coefficient (Wildman–Crippen LogP) is 2.17. The van der Waals surface area contributed by atoms with Crippen molar-refractivity contribution in [1.82, 2.24) is 34.9 Å². The molecule has 0 fully saturated rings. The molecule has 0 aromatic carbocycles. The number of pyridine rings is 1.